The summed E-state index contributed by atoms with van der Waals surface area (Å²) in [5.41, 5.74) is 0.604. The lowest BCUT2D eigenvalue weighted by atomic mass is 10.2. The Balaban J connectivity index is 1.55. The third kappa shape index (κ3) is 5.21. The normalized spacial score (nSPS) is 10.7. The first-order chi connectivity index (χ1) is 13.9. The van der Waals surface area contributed by atoms with Gasteiger partial charge >= 0.3 is 11.6 Å². The molecule has 2 aromatic heterocycles. The molecule has 0 spiro atoms. The largest absolute Gasteiger partial charge is 0.475 e. The van der Waals surface area contributed by atoms with Crippen LogP contribution in [-0.4, -0.2) is 42.5 Å². The fourth-order valence-electron chi connectivity index (χ4n) is 2.43. The zero-order valence-electron chi connectivity index (χ0n) is 15.1. The number of hydrogen-bond acceptors (Lipinski definition) is 7. The van der Waals surface area contributed by atoms with E-state index in [0.717, 1.165) is 5.56 Å². The van der Waals surface area contributed by atoms with Crippen molar-refractivity contribution in [1.29, 1.82) is 0 Å². The molecule has 0 saturated carbocycles. The maximum Gasteiger partial charge on any atom is 0.350 e. The van der Waals surface area contributed by atoms with Gasteiger partial charge in [0.25, 0.3) is 0 Å². The van der Waals surface area contributed by atoms with E-state index in [1.807, 2.05) is 6.07 Å². The Morgan fingerprint density at radius 2 is 2.07 bits per heavy atom. The summed E-state index contributed by atoms with van der Waals surface area (Å²) in [7, 11) is 1.28. The highest BCUT2D eigenvalue weighted by atomic mass is 35.5. The minimum absolute atomic E-state index is 0.0172. The van der Waals surface area contributed by atoms with E-state index < -0.39 is 4.92 Å². The number of aryl methyl sites for hydroxylation is 1. The molecule has 0 aliphatic rings. The van der Waals surface area contributed by atoms with E-state index >= 15 is 0 Å². The quantitative estimate of drug-likeness (QED) is 0.421. The first-order valence-corrected chi connectivity index (χ1v) is 9.00. The van der Waals surface area contributed by atoms with Crippen LogP contribution < -0.4 is 10.1 Å². The zero-order chi connectivity index (χ0) is 21.0. The molecular formula is C16H15Cl2N7O4. The van der Waals surface area contributed by atoms with Gasteiger partial charge < -0.3 is 4.74 Å². The molecule has 1 aromatic carbocycles. The van der Waals surface area contributed by atoms with E-state index in [-0.39, 0.29) is 36.4 Å². The highest BCUT2D eigenvalue weighted by Crippen LogP contribution is 2.24. The van der Waals surface area contributed by atoms with Gasteiger partial charge in [0.1, 0.15) is 12.5 Å². The van der Waals surface area contributed by atoms with Crippen molar-refractivity contribution in [2.24, 2.45) is 0 Å². The minimum Gasteiger partial charge on any atom is -0.475 e. The first-order valence-electron chi connectivity index (χ1n) is 8.24. The van der Waals surface area contributed by atoms with Crippen LogP contribution in [0.3, 0.4) is 0 Å². The number of nitrogens with one attached hydrogen (secondary N) is 1. The van der Waals surface area contributed by atoms with Gasteiger partial charge in [-0.2, -0.15) is 0 Å². The van der Waals surface area contributed by atoms with Gasteiger partial charge in [-0.15, -0.1) is 10.2 Å². The number of carbonyl (C=O) groups is 1. The number of anilines is 1. The van der Waals surface area contributed by atoms with Crippen molar-refractivity contribution in [3.8, 4) is 5.88 Å². The molecule has 0 radical (unpaired) electrons. The smallest absolute Gasteiger partial charge is 0.350 e. The maximum absolute atomic E-state index is 12.1. The average molecular weight is 440 g/mol. The Morgan fingerprint density at radius 3 is 2.72 bits per heavy atom. The number of carbonyl (C=O) groups excluding carboxylic acids is 1. The number of methoxy groups -OCH3 is 1. The third-order valence-electron chi connectivity index (χ3n) is 3.78. The van der Waals surface area contributed by atoms with Crippen LogP contribution in [-0.2, 0) is 17.9 Å². The van der Waals surface area contributed by atoms with Crippen molar-refractivity contribution in [1.82, 2.24) is 24.5 Å². The number of halogens is 2. The number of benzene rings is 1. The summed E-state index contributed by atoms with van der Waals surface area (Å²) in [4.78, 5) is 26.4. The van der Waals surface area contributed by atoms with Crippen molar-refractivity contribution in [3.63, 3.8) is 0 Å². The highest BCUT2D eigenvalue weighted by Gasteiger charge is 2.20. The molecule has 0 unspecified atom stereocenters. The maximum atomic E-state index is 12.1. The molecule has 0 bridgehead atoms. The van der Waals surface area contributed by atoms with E-state index in [2.05, 4.69) is 20.5 Å². The number of aromatic nitrogens is 5. The molecule has 152 valence electrons. The number of hydrogen-bond donors (Lipinski definition) is 1. The highest BCUT2D eigenvalue weighted by molar-refractivity contribution is 6.42. The van der Waals surface area contributed by atoms with Gasteiger partial charge in [0.05, 0.1) is 35.2 Å². The SMILES string of the molecule is COc1nn(CCC(=O)Nc2ncn(Cc3ccc(Cl)c(Cl)c3)n2)cc1[N+](=O)[O-]. The van der Waals surface area contributed by atoms with E-state index in [0.29, 0.717) is 16.6 Å². The molecular weight excluding hydrogens is 425 g/mol. The summed E-state index contributed by atoms with van der Waals surface area (Å²) in [5.74, 6) is -0.341. The third-order valence-corrected chi connectivity index (χ3v) is 4.52. The van der Waals surface area contributed by atoms with E-state index in [1.54, 1.807) is 12.1 Å². The van der Waals surface area contributed by atoms with Crippen molar-refractivity contribution >= 4 is 40.7 Å². The summed E-state index contributed by atoms with van der Waals surface area (Å²) in [5, 5.41) is 22.4. The van der Waals surface area contributed by atoms with E-state index in [1.165, 1.54) is 29.0 Å². The van der Waals surface area contributed by atoms with Crippen LogP contribution in [0.4, 0.5) is 11.6 Å². The summed E-state index contributed by atoms with van der Waals surface area (Å²) < 4.78 is 7.65. The molecule has 0 aliphatic carbocycles. The van der Waals surface area contributed by atoms with Crippen LogP contribution in [0.2, 0.25) is 10.0 Å². The second-order valence-corrected chi connectivity index (χ2v) is 6.67. The lowest BCUT2D eigenvalue weighted by molar-refractivity contribution is -0.385. The summed E-state index contributed by atoms with van der Waals surface area (Å²) in [6.45, 7) is 0.524. The standard InChI is InChI=1S/C16H15Cl2N7O4/c1-29-15-13(25(27)28)8-23(21-15)5-4-14(26)20-16-19-9-24(22-16)7-10-2-3-11(17)12(18)6-10/h2-3,6,8-9H,4-5,7H2,1H3,(H,20,22,26). The predicted octanol–water partition coefficient (Wildman–Crippen LogP) is 2.78. The predicted molar refractivity (Wildman–Crippen MR) is 104 cm³/mol. The fourth-order valence-corrected chi connectivity index (χ4v) is 2.76. The Hall–Kier alpha value is -3.18. The number of amides is 1. The summed E-state index contributed by atoms with van der Waals surface area (Å²) >= 11 is 11.9. The number of nitrogens with zero attached hydrogens (tertiary/aromatic N) is 6. The molecule has 13 heteroatoms. The molecule has 2 heterocycles. The molecule has 1 amide bonds. The number of nitro groups is 1. The lowest BCUT2D eigenvalue weighted by Gasteiger charge is -2.03. The Bertz CT molecular complexity index is 1050. The topological polar surface area (TPSA) is 130 Å². The van der Waals surface area contributed by atoms with Gasteiger partial charge in [-0.25, -0.2) is 9.67 Å². The molecule has 0 atom stereocenters. The van der Waals surface area contributed by atoms with Gasteiger partial charge in [0.2, 0.25) is 11.9 Å². The minimum atomic E-state index is -0.604. The van der Waals surface area contributed by atoms with Gasteiger partial charge in [-0.3, -0.25) is 24.9 Å². The second-order valence-electron chi connectivity index (χ2n) is 5.86. The molecule has 29 heavy (non-hydrogen) atoms. The van der Waals surface area contributed by atoms with E-state index in [4.69, 9.17) is 27.9 Å². The molecule has 11 nitrogen and oxygen atoms in total. The van der Waals surface area contributed by atoms with Crippen LogP contribution in [0.5, 0.6) is 5.88 Å². The fraction of sp³-hybridized carbons (Fsp3) is 0.250. The lowest BCUT2D eigenvalue weighted by Crippen LogP contribution is -2.16. The molecule has 1 N–H and O–H groups in total. The average Bonchev–Trinajstić information content (AvgIpc) is 3.29. The van der Waals surface area contributed by atoms with Gasteiger partial charge in [-0.1, -0.05) is 29.3 Å². The number of ether oxygens (including phenoxy) is 1. The monoisotopic (exact) mass is 439 g/mol. The van der Waals surface area contributed by atoms with Crippen molar-refractivity contribution in [3.05, 3.63) is 56.4 Å². The van der Waals surface area contributed by atoms with Crippen LogP contribution in [0.25, 0.3) is 0 Å². The van der Waals surface area contributed by atoms with Gasteiger partial charge in [0, 0.05) is 6.42 Å². The van der Waals surface area contributed by atoms with E-state index in [9.17, 15) is 14.9 Å². The Morgan fingerprint density at radius 1 is 1.28 bits per heavy atom. The van der Waals surface area contributed by atoms with Crippen LogP contribution in [0.15, 0.2) is 30.7 Å². The molecule has 3 aromatic rings. The van der Waals surface area contributed by atoms with Crippen LogP contribution in [0.1, 0.15) is 12.0 Å². The number of rotatable bonds is 8. The Labute approximate surface area is 174 Å². The molecule has 0 fully saturated rings. The van der Waals surface area contributed by atoms with Crippen LogP contribution >= 0.6 is 23.2 Å². The first kappa shape index (κ1) is 20.6. The second kappa shape index (κ2) is 8.88. The molecule has 0 aliphatic heterocycles. The van der Waals surface area contributed by atoms with Crippen LogP contribution in [0, 0.1) is 10.1 Å². The molecule has 3 rings (SSSR count). The van der Waals surface area contributed by atoms with Gasteiger partial charge in [0.15, 0.2) is 0 Å². The van der Waals surface area contributed by atoms with Crippen molar-refractivity contribution in [2.45, 2.75) is 19.5 Å². The Kier molecular flexibility index (Phi) is 6.29. The van der Waals surface area contributed by atoms with Gasteiger partial charge in [-0.05, 0) is 17.7 Å². The van der Waals surface area contributed by atoms with Crippen molar-refractivity contribution < 1.29 is 14.5 Å². The summed E-state index contributed by atoms with van der Waals surface area (Å²) in [6, 6.07) is 5.22. The molecule has 0 saturated heterocycles. The zero-order valence-corrected chi connectivity index (χ0v) is 16.6. The summed E-state index contributed by atoms with van der Waals surface area (Å²) in [6.07, 6.45) is 2.69. The van der Waals surface area contributed by atoms with Crippen molar-refractivity contribution in [2.75, 3.05) is 12.4 Å².